The first-order valence-electron chi connectivity index (χ1n) is 9.88. The Morgan fingerprint density at radius 2 is 2.10 bits per heavy atom. The summed E-state index contributed by atoms with van der Waals surface area (Å²) >= 11 is 1.48. The van der Waals surface area contributed by atoms with Crippen LogP contribution in [-0.2, 0) is 5.75 Å². The van der Waals surface area contributed by atoms with Crippen LogP contribution in [0.25, 0.3) is 11.4 Å². The number of nitrogens with zero attached hydrogens (tertiary/aromatic N) is 6. The fourth-order valence-electron chi connectivity index (χ4n) is 3.20. The number of rotatable bonds is 7. The Hall–Kier alpha value is -3.53. The SMILES string of the molecule is Cc1noc(CSc2ccccc2C(=O)Nc2cccc(-c3nnnn3C3CC3)c2)n1. The number of aryl methyl sites for hydroxylation is 1. The lowest BCUT2D eigenvalue weighted by Gasteiger charge is -2.10. The second-order valence-corrected chi connectivity index (χ2v) is 8.25. The quantitative estimate of drug-likeness (QED) is 0.437. The predicted octanol–water partition coefficient (Wildman–Crippen LogP) is 3.91. The molecule has 2 aromatic heterocycles. The van der Waals surface area contributed by atoms with E-state index in [1.54, 1.807) is 13.0 Å². The minimum Gasteiger partial charge on any atom is -0.338 e. The van der Waals surface area contributed by atoms with Gasteiger partial charge in [0.2, 0.25) is 5.89 Å². The highest BCUT2D eigenvalue weighted by molar-refractivity contribution is 7.98. The molecule has 10 heteroatoms. The van der Waals surface area contributed by atoms with Crippen molar-refractivity contribution < 1.29 is 9.32 Å². The Morgan fingerprint density at radius 3 is 2.90 bits per heavy atom. The van der Waals surface area contributed by atoms with Gasteiger partial charge in [-0.1, -0.05) is 29.4 Å². The Balaban J connectivity index is 1.33. The van der Waals surface area contributed by atoms with Crippen LogP contribution in [0.1, 0.15) is 41.0 Å². The van der Waals surface area contributed by atoms with Gasteiger partial charge >= 0.3 is 0 Å². The predicted molar refractivity (Wildman–Crippen MR) is 115 cm³/mol. The molecule has 4 aromatic rings. The lowest BCUT2D eigenvalue weighted by molar-refractivity contribution is 0.102. The monoisotopic (exact) mass is 433 g/mol. The highest BCUT2D eigenvalue weighted by atomic mass is 32.2. The molecule has 0 atom stereocenters. The van der Waals surface area contributed by atoms with E-state index in [0.717, 1.165) is 23.3 Å². The van der Waals surface area contributed by atoms with Crippen molar-refractivity contribution in [1.29, 1.82) is 0 Å². The highest BCUT2D eigenvalue weighted by Gasteiger charge is 2.28. The van der Waals surface area contributed by atoms with Gasteiger partial charge in [-0.2, -0.15) is 4.98 Å². The van der Waals surface area contributed by atoms with Crippen LogP contribution in [0.5, 0.6) is 0 Å². The second-order valence-electron chi connectivity index (χ2n) is 7.23. The summed E-state index contributed by atoms with van der Waals surface area (Å²) in [5.41, 5.74) is 2.13. The van der Waals surface area contributed by atoms with Gasteiger partial charge in [0.15, 0.2) is 11.6 Å². The zero-order valence-electron chi connectivity index (χ0n) is 16.7. The smallest absolute Gasteiger partial charge is 0.256 e. The minimum atomic E-state index is -0.191. The molecule has 0 saturated heterocycles. The second kappa shape index (κ2) is 8.31. The summed E-state index contributed by atoms with van der Waals surface area (Å²) in [5, 5.41) is 18.9. The number of carbonyl (C=O) groups is 1. The first kappa shape index (κ1) is 19.4. The number of nitrogens with one attached hydrogen (secondary N) is 1. The number of thioether (sulfide) groups is 1. The maximum atomic E-state index is 13.0. The highest BCUT2D eigenvalue weighted by Crippen LogP contribution is 2.37. The molecule has 156 valence electrons. The summed E-state index contributed by atoms with van der Waals surface area (Å²) in [6.07, 6.45) is 2.18. The zero-order valence-corrected chi connectivity index (χ0v) is 17.5. The lowest BCUT2D eigenvalue weighted by Crippen LogP contribution is -2.13. The van der Waals surface area contributed by atoms with Crippen LogP contribution in [0.15, 0.2) is 57.9 Å². The molecular formula is C21H19N7O2S. The van der Waals surface area contributed by atoms with Gasteiger partial charge in [-0.3, -0.25) is 4.79 Å². The van der Waals surface area contributed by atoms with Crippen molar-refractivity contribution in [3.8, 4) is 11.4 Å². The average molecular weight is 433 g/mol. The molecule has 0 bridgehead atoms. The van der Waals surface area contributed by atoms with Gasteiger partial charge in [-0.15, -0.1) is 16.9 Å². The van der Waals surface area contributed by atoms with Crippen molar-refractivity contribution >= 4 is 23.4 Å². The molecule has 1 aliphatic rings. The molecule has 2 heterocycles. The maximum absolute atomic E-state index is 13.0. The van der Waals surface area contributed by atoms with E-state index in [2.05, 4.69) is 31.0 Å². The van der Waals surface area contributed by atoms with E-state index in [1.165, 1.54) is 11.8 Å². The maximum Gasteiger partial charge on any atom is 0.256 e. The van der Waals surface area contributed by atoms with Gasteiger partial charge in [0, 0.05) is 16.1 Å². The van der Waals surface area contributed by atoms with E-state index < -0.39 is 0 Å². The Bertz CT molecular complexity index is 1230. The van der Waals surface area contributed by atoms with Gasteiger partial charge in [-0.25, -0.2) is 4.68 Å². The largest absolute Gasteiger partial charge is 0.338 e. The van der Waals surface area contributed by atoms with Crippen molar-refractivity contribution in [2.75, 3.05) is 5.32 Å². The van der Waals surface area contributed by atoms with E-state index in [1.807, 2.05) is 47.1 Å². The fraction of sp³-hybridized carbons (Fsp3) is 0.238. The molecule has 0 spiro atoms. The van der Waals surface area contributed by atoms with Crippen LogP contribution in [0.3, 0.4) is 0 Å². The van der Waals surface area contributed by atoms with Crippen molar-refractivity contribution in [2.45, 2.75) is 36.5 Å². The van der Waals surface area contributed by atoms with E-state index in [0.29, 0.717) is 40.6 Å². The fourth-order valence-corrected chi connectivity index (χ4v) is 4.09. The van der Waals surface area contributed by atoms with Crippen LogP contribution in [0.2, 0.25) is 0 Å². The molecule has 9 nitrogen and oxygen atoms in total. The summed E-state index contributed by atoms with van der Waals surface area (Å²) < 4.78 is 7.01. The minimum absolute atomic E-state index is 0.191. The summed E-state index contributed by atoms with van der Waals surface area (Å²) in [4.78, 5) is 18.1. The summed E-state index contributed by atoms with van der Waals surface area (Å²) in [6.45, 7) is 1.77. The van der Waals surface area contributed by atoms with Crippen molar-refractivity contribution in [1.82, 2.24) is 30.3 Å². The summed E-state index contributed by atoms with van der Waals surface area (Å²) in [7, 11) is 0. The molecule has 1 aliphatic carbocycles. The van der Waals surface area contributed by atoms with Crippen LogP contribution < -0.4 is 5.32 Å². The molecule has 0 unspecified atom stereocenters. The molecule has 1 fully saturated rings. The number of benzene rings is 2. The molecule has 2 aromatic carbocycles. The van der Waals surface area contributed by atoms with Crippen molar-refractivity contribution in [3.05, 3.63) is 65.8 Å². The standard InChI is InChI=1S/C21H19N7O2S/c1-13-22-19(30-25-13)12-31-18-8-3-2-7-17(18)21(29)23-15-6-4-5-14(11-15)20-24-26-27-28(20)16-9-10-16/h2-8,11,16H,9-10,12H2,1H3,(H,23,29). The zero-order chi connectivity index (χ0) is 21.2. The van der Waals surface area contributed by atoms with Gasteiger partial charge in [-0.05, 0) is 54.5 Å². The first-order chi connectivity index (χ1) is 15.2. The molecular weight excluding hydrogens is 414 g/mol. The van der Waals surface area contributed by atoms with Gasteiger partial charge in [0.1, 0.15) is 0 Å². The Labute approximate surface area is 182 Å². The molecule has 5 rings (SSSR count). The number of tetrazole rings is 1. The third-order valence-electron chi connectivity index (χ3n) is 4.82. The average Bonchev–Trinajstić information content (AvgIpc) is 3.35. The van der Waals surface area contributed by atoms with Gasteiger partial charge in [0.05, 0.1) is 17.4 Å². The van der Waals surface area contributed by atoms with Crippen LogP contribution in [0, 0.1) is 6.92 Å². The normalized spacial score (nSPS) is 13.3. The van der Waals surface area contributed by atoms with Crippen molar-refractivity contribution in [3.63, 3.8) is 0 Å². The number of carbonyl (C=O) groups excluding carboxylic acids is 1. The van der Waals surface area contributed by atoms with Crippen LogP contribution in [-0.4, -0.2) is 36.3 Å². The van der Waals surface area contributed by atoms with Gasteiger partial charge < -0.3 is 9.84 Å². The molecule has 1 N–H and O–H groups in total. The topological polar surface area (TPSA) is 112 Å². The lowest BCUT2D eigenvalue weighted by atomic mass is 10.1. The molecule has 31 heavy (non-hydrogen) atoms. The molecule has 1 saturated carbocycles. The number of hydrogen-bond donors (Lipinski definition) is 1. The summed E-state index contributed by atoms with van der Waals surface area (Å²) in [5.74, 6) is 2.13. The van der Waals surface area contributed by atoms with E-state index in [9.17, 15) is 4.79 Å². The Morgan fingerprint density at radius 1 is 1.23 bits per heavy atom. The van der Waals surface area contributed by atoms with E-state index >= 15 is 0 Å². The van der Waals surface area contributed by atoms with Gasteiger partial charge in [0.25, 0.3) is 5.91 Å². The Kier molecular flexibility index (Phi) is 5.21. The number of hydrogen-bond acceptors (Lipinski definition) is 8. The van der Waals surface area contributed by atoms with E-state index in [-0.39, 0.29) is 5.91 Å². The molecule has 1 amide bonds. The molecule has 0 aliphatic heterocycles. The van der Waals surface area contributed by atoms with Crippen molar-refractivity contribution in [2.24, 2.45) is 0 Å². The third-order valence-corrected chi connectivity index (χ3v) is 5.87. The number of aromatic nitrogens is 6. The van der Waals surface area contributed by atoms with Crippen LogP contribution in [0.4, 0.5) is 5.69 Å². The van der Waals surface area contributed by atoms with E-state index in [4.69, 9.17) is 4.52 Å². The number of anilines is 1. The van der Waals surface area contributed by atoms with Crippen LogP contribution >= 0.6 is 11.8 Å². The number of amides is 1. The third kappa shape index (κ3) is 4.33. The first-order valence-corrected chi connectivity index (χ1v) is 10.9. The summed E-state index contributed by atoms with van der Waals surface area (Å²) in [6, 6.07) is 15.4. The molecule has 0 radical (unpaired) electrons.